The Hall–Kier alpha value is -2.82. The number of benzene rings is 2. The fourth-order valence-electron chi connectivity index (χ4n) is 2.69. The topological polar surface area (TPSA) is 65.5 Å². The van der Waals surface area contributed by atoms with E-state index < -0.39 is 0 Å². The van der Waals surface area contributed by atoms with E-state index in [1.807, 2.05) is 25.1 Å². The van der Waals surface area contributed by atoms with Gasteiger partial charge in [-0.3, -0.25) is 4.79 Å². The van der Waals surface area contributed by atoms with Crippen molar-refractivity contribution in [3.63, 3.8) is 0 Å². The van der Waals surface area contributed by atoms with E-state index in [0.29, 0.717) is 12.1 Å². The van der Waals surface area contributed by atoms with Crippen LogP contribution in [0.2, 0.25) is 0 Å². The molecule has 0 radical (unpaired) electrons. The second-order valence-corrected chi connectivity index (χ2v) is 6.26. The number of nitrogens with zero attached hydrogens (tertiary/aromatic N) is 1. The summed E-state index contributed by atoms with van der Waals surface area (Å²) in [6, 6.07) is 14.0. The van der Waals surface area contributed by atoms with Gasteiger partial charge in [-0.25, -0.2) is 4.99 Å². The third kappa shape index (κ3) is 5.62. The van der Waals surface area contributed by atoms with Gasteiger partial charge in [0.1, 0.15) is 0 Å². The fraction of sp³-hybridized carbons (Fsp3) is 0.333. The van der Waals surface area contributed by atoms with E-state index in [1.165, 1.54) is 16.7 Å². The molecule has 0 fully saturated rings. The number of rotatable bonds is 6. The summed E-state index contributed by atoms with van der Waals surface area (Å²) >= 11 is 0. The highest BCUT2D eigenvalue weighted by atomic mass is 16.1. The standard InChI is InChI=1S/C21H28N4O/c1-5-23-21(25-14-19-10-9-15(2)11-16(19)3)24-13-17-7-6-8-18(12-17)20(26)22-4/h6-12H,5,13-14H2,1-4H3,(H,22,26)(H2,23,24,25). The Labute approximate surface area is 155 Å². The van der Waals surface area contributed by atoms with Crippen LogP contribution in [0.1, 0.15) is 39.5 Å². The van der Waals surface area contributed by atoms with Crippen LogP contribution in [-0.2, 0) is 13.1 Å². The van der Waals surface area contributed by atoms with Crippen LogP contribution >= 0.6 is 0 Å². The molecule has 0 spiro atoms. The van der Waals surface area contributed by atoms with Gasteiger partial charge >= 0.3 is 0 Å². The lowest BCUT2D eigenvalue weighted by Crippen LogP contribution is -2.36. The van der Waals surface area contributed by atoms with E-state index in [2.05, 4.69) is 53.0 Å². The molecule has 5 nitrogen and oxygen atoms in total. The Morgan fingerprint density at radius 2 is 1.88 bits per heavy atom. The van der Waals surface area contributed by atoms with Crippen molar-refractivity contribution in [3.05, 3.63) is 70.3 Å². The first-order valence-electron chi connectivity index (χ1n) is 8.92. The zero-order chi connectivity index (χ0) is 18.9. The molecule has 2 aromatic rings. The van der Waals surface area contributed by atoms with Gasteiger partial charge in [-0.2, -0.15) is 0 Å². The van der Waals surface area contributed by atoms with Crippen molar-refractivity contribution in [2.75, 3.05) is 13.6 Å². The molecule has 0 aromatic heterocycles. The molecule has 0 aliphatic heterocycles. The highest BCUT2D eigenvalue weighted by Crippen LogP contribution is 2.10. The number of carbonyl (C=O) groups is 1. The predicted octanol–water partition coefficient (Wildman–Crippen LogP) is 2.92. The summed E-state index contributed by atoms with van der Waals surface area (Å²) in [5, 5.41) is 9.28. The Balaban J connectivity index is 2.05. The first-order chi connectivity index (χ1) is 12.5. The Morgan fingerprint density at radius 1 is 1.08 bits per heavy atom. The molecule has 3 N–H and O–H groups in total. The lowest BCUT2D eigenvalue weighted by Gasteiger charge is -2.13. The summed E-state index contributed by atoms with van der Waals surface area (Å²) in [4.78, 5) is 16.4. The molecule has 1 amide bonds. The number of hydrogen-bond donors (Lipinski definition) is 3. The highest BCUT2D eigenvalue weighted by Gasteiger charge is 2.05. The van der Waals surface area contributed by atoms with Crippen molar-refractivity contribution in [1.29, 1.82) is 0 Å². The quantitative estimate of drug-likeness (QED) is 0.553. The number of guanidine groups is 1. The molecule has 26 heavy (non-hydrogen) atoms. The number of carbonyl (C=O) groups excluding carboxylic acids is 1. The first-order valence-corrected chi connectivity index (χ1v) is 8.92. The minimum Gasteiger partial charge on any atom is -0.357 e. The summed E-state index contributed by atoms with van der Waals surface area (Å²) in [5.74, 6) is 0.675. The molecule has 138 valence electrons. The van der Waals surface area contributed by atoms with Crippen molar-refractivity contribution < 1.29 is 4.79 Å². The van der Waals surface area contributed by atoms with Gasteiger partial charge in [0.05, 0.1) is 6.54 Å². The molecule has 0 saturated carbocycles. The van der Waals surface area contributed by atoms with Crippen LogP contribution in [0.15, 0.2) is 47.5 Å². The molecule has 0 atom stereocenters. The van der Waals surface area contributed by atoms with Crippen LogP contribution in [0, 0.1) is 13.8 Å². The summed E-state index contributed by atoms with van der Waals surface area (Å²) in [6.07, 6.45) is 0. The maximum absolute atomic E-state index is 11.7. The number of aliphatic imine (C=N–C) groups is 1. The molecule has 0 bridgehead atoms. The van der Waals surface area contributed by atoms with Crippen molar-refractivity contribution in [3.8, 4) is 0 Å². The molecule has 2 aromatic carbocycles. The Bertz CT molecular complexity index is 783. The predicted molar refractivity (Wildman–Crippen MR) is 107 cm³/mol. The zero-order valence-corrected chi connectivity index (χ0v) is 16.0. The molecule has 0 unspecified atom stereocenters. The zero-order valence-electron chi connectivity index (χ0n) is 16.0. The van der Waals surface area contributed by atoms with Gasteiger partial charge in [-0.15, -0.1) is 0 Å². The van der Waals surface area contributed by atoms with E-state index in [-0.39, 0.29) is 5.91 Å². The Kier molecular flexibility index (Phi) is 7.21. The second kappa shape index (κ2) is 9.61. The van der Waals surface area contributed by atoms with Crippen molar-refractivity contribution in [1.82, 2.24) is 16.0 Å². The van der Waals surface area contributed by atoms with Crippen molar-refractivity contribution >= 4 is 11.9 Å². The second-order valence-electron chi connectivity index (χ2n) is 6.26. The monoisotopic (exact) mass is 352 g/mol. The van der Waals surface area contributed by atoms with Crippen LogP contribution in [0.5, 0.6) is 0 Å². The van der Waals surface area contributed by atoms with Gasteiger partial charge in [0.25, 0.3) is 5.91 Å². The molecule has 0 heterocycles. The third-order valence-electron chi connectivity index (χ3n) is 4.12. The summed E-state index contributed by atoms with van der Waals surface area (Å²) in [5.41, 5.74) is 5.43. The lowest BCUT2D eigenvalue weighted by molar-refractivity contribution is 0.0963. The van der Waals surface area contributed by atoms with Gasteiger partial charge in [0, 0.05) is 25.7 Å². The average Bonchev–Trinajstić information content (AvgIpc) is 2.64. The van der Waals surface area contributed by atoms with Crippen LogP contribution in [-0.4, -0.2) is 25.5 Å². The summed E-state index contributed by atoms with van der Waals surface area (Å²) < 4.78 is 0. The van der Waals surface area contributed by atoms with Crippen LogP contribution in [0.3, 0.4) is 0 Å². The number of aryl methyl sites for hydroxylation is 2. The average molecular weight is 352 g/mol. The van der Waals surface area contributed by atoms with Gasteiger partial charge in [0.2, 0.25) is 0 Å². The van der Waals surface area contributed by atoms with Crippen molar-refractivity contribution in [2.45, 2.75) is 33.9 Å². The number of nitrogens with one attached hydrogen (secondary N) is 3. The minimum atomic E-state index is -0.0873. The lowest BCUT2D eigenvalue weighted by atomic mass is 10.1. The minimum absolute atomic E-state index is 0.0873. The normalized spacial score (nSPS) is 11.2. The molecule has 0 aliphatic rings. The van der Waals surface area contributed by atoms with Gasteiger partial charge < -0.3 is 16.0 Å². The van der Waals surface area contributed by atoms with Crippen LogP contribution in [0.25, 0.3) is 0 Å². The maximum Gasteiger partial charge on any atom is 0.251 e. The largest absolute Gasteiger partial charge is 0.357 e. The van der Waals surface area contributed by atoms with Gasteiger partial charge in [-0.05, 0) is 49.6 Å². The fourth-order valence-corrected chi connectivity index (χ4v) is 2.69. The smallest absolute Gasteiger partial charge is 0.251 e. The van der Waals surface area contributed by atoms with E-state index in [0.717, 1.165) is 24.6 Å². The molecular weight excluding hydrogens is 324 g/mol. The van der Waals surface area contributed by atoms with Gasteiger partial charge in [-0.1, -0.05) is 35.9 Å². The SMILES string of the molecule is CCNC(=NCc1cccc(C(=O)NC)c1)NCc1ccc(C)cc1C. The highest BCUT2D eigenvalue weighted by molar-refractivity contribution is 5.94. The maximum atomic E-state index is 11.7. The van der Waals surface area contributed by atoms with E-state index in [1.54, 1.807) is 13.1 Å². The first kappa shape index (κ1) is 19.5. The van der Waals surface area contributed by atoms with Crippen LogP contribution < -0.4 is 16.0 Å². The molecule has 5 heteroatoms. The van der Waals surface area contributed by atoms with Crippen LogP contribution in [0.4, 0.5) is 0 Å². The molecule has 0 saturated heterocycles. The third-order valence-corrected chi connectivity index (χ3v) is 4.12. The molecule has 2 rings (SSSR count). The van der Waals surface area contributed by atoms with E-state index >= 15 is 0 Å². The van der Waals surface area contributed by atoms with E-state index in [9.17, 15) is 4.79 Å². The van der Waals surface area contributed by atoms with Crippen molar-refractivity contribution in [2.24, 2.45) is 4.99 Å². The summed E-state index contributed by atoms with van der Waals surface area (Å²) in [7, 11) is 1.63. The summed E-state index contributed by atoms with van der Waals surface area (Å²) in [6.45, 7) is 8.28. The van der Waals surface area contributed by atoms with Gasteiger partial charge in [0.15, 0.2) is 5.96 Å². The number of hydrogen-bond acceptors (Lipinski definition) is 2. The van der Waals surface area contributed by atoms with E-state index in [4.69, 9.17) is 0 Å². The molecular formula is C21H28N4O. The Morgan fingerprint density at radius 3 is 2.58 bits per heavy atom. The molecule has 0 aliphatic carbocycles. The number of amides is 1.